The third-order valence-electron chi connectivity index (χ3n) is 6.66. The lowest BCUT2D eigenvalue weighted by atomic mass is 9.88. The maximum Gasteiger partial charge on any atom is 0.407 e. The molecule has 10 heteroatoms. The topological polar surface area (TPSA) is 161 Å². The first-order valence-corrected chi connectivity index (χ1v) is 12.0. The molecule has 2 aliphatic rings. The molecule has 1 fully saturated rings. The largest absolute Gasteiger partial charge is 0.449 e. The predicted molar refractivity (Wildman–Crippen MR) is 129 cm³/mol. The van der Waals surface area contributed by atoms with E-state index in [-0.39, 0.29) is 32.1 Å². The van der Waals surface area contributed by atoms with Gasteiger partial charge in [-0.3, -0.25) is 4.79 Å². The minimum Gasteiger partial charge on any atom is -0.449 e. The van der Waals surface area contributed by atoms with Crippen LogP contribution < -0.4 is 11.1 Å². The number of fused-ring (bicyclic) bond motifs is 3. The van der Waals surface area contributed by atoms with E-state index < -0.39 is 49.1 Å². The van der Waals surface area contributed by atoms with E-state index in [4.69, 9.17) is 19.9 Å². The van der Waals surface area contributed by atoms with E-state index in [0.29, 0.717) is 6.42 Å². The standard InChI is InChI=1S/C26H32N2O8/c27-22(30)12-19-23(31)24(32)21(13-29)36-25(19)34-11-5-10-28-26(33)35-14-20-17-8-3-1-6-15(17)16-7-2-4-9-18(16)20/h1-4,6-9,19-21,23-25,29,31-32H,5,10-14H2,(H2,27,30)(H,28,33)/t19-,21-,23-,24+,25-/m1/s1. The van der Waals surface area contributed by atoms with Crippen LogP contribution in [-0.2, 0) is 19.0 Å². The maximum atomic E-state index is 12.3. The first kappa shape index (κ1) is 26.1. The molecule has 1 aliphatic carbocycles. The van der Waals surface area contributed by atoms with Gasteiger partial charge in [0.1, 0.15) is 18.8 Å². The molecule has 2 amide bonds. The molecule has 10 nitrogen and oxygen atoms in total. The monoisotopic (exact) mass is 500 g/mol. The molecular weight excluding hydrogens is 468 g/mol. The first-order chi connectivity index (χ1) is 17.4. The summed E-state index contributed by atoms with van der Waals surface area (Å²) in [6, 6.07) is 16.2. The van der Waals surface area contributed by atoms with Crippen LogP contribution in [0.5, 0.6) is 0 Å². The highest BCUT2D eigenvalue weighted by atomic mass is 16.7. The van der Waals surface area contributed by atoms with Crippen molar-refractivity contribution in [2.75, 3.05) is 26.4 Å². The van der Waals surface area contributed by atoms with Crippen LogP contribution in [0.3, 0.4) is 0 Å². The minimum absolute atomic E-state index is 0.0293. The summed E-state index contributed by atoms with van der Waals surface area (Å²) in [5.74, 6) is -1.59. The number of benzene rings is 2. The van der Waals surface area contributed by atoms with Crippen LogP contribution in [0.4, 0.5) is 4.79 Å². The van der Waals surface area contributed by atoms with Crippen LogP contribution in [-0.4, -0.2) is 78.3 Å². The van der Waals surface area contributed by atoms with Crippen LogP contribution in [0.15, 0.2) is 48.5 Å². The number of carbonyl (C=O) groups excluding carboxylic acids is 2. The zero-order valence-corrected chi connectivity index (χ0v) is 19.8. The van der Waals surface area contributed by atoms with Gasteiger partial charge in [0.15, 0.2) is 6.29 Å². The molecule has 36 heavy (non-hydrogen) atoms. The van der Waals surface area contributed by atoms with Crippen LogP contribution in [0.25, 0.3) is 11.1 Å². The summed E-state index contributed by atoms with van der Waals surface area (Å²) in [6.45, 7) is 0.0809. The number of hydrogen-bond donors (Lipinski definition) is 5. The summed E-state index contributed by atoms with van der Waals surface area (Å²) in [7, 11) is 0. The van der Waals surface area contributed by atoms with Crippen molar-refractivity contribution in [1.82, 2.24) is 5.32 Å². The second-order valence-corrected chi connectivity index (χ2v) is 9.02. The normalized spacial score (nSPS) is 25.1. The molecule has 0 saturated carbocycles. The lowest BCUT2D eigenvalue weighted by Crippen LogP contribution is -2.57. The number of aliphatic hydroxyl groups is 3. The molecule has 0 bridgehead atoms. The van der Waals surface area contributed by atoms with Crippen LogP contribution in [0.1, 0.15) is 29.9 Å². The Hall–Kier alpha value is -3.02. The van der Waals surface area contributed by atoms with Gasteiger partial charge in [0, 0.05) is 24.8 Å². The Morgan fingerprint density at radius 2 is 1.64 bits per heavy atom. The Balaban J connectivity index is 1.22. The highest BCUT2D eigenvalue weighted by molar-refractivity contribution is 5.79. The first-order valence-electron chi connectivity index (χ1n) is 12.0. The summed E-state index contributed by atoms with van der Waals surface area (Å²) in [5, 5.41) is 32.4. The van der Waals surface area contributed by atoms with Crippen molar-refractivity contribution in [2.45, 2.75) is 43.4 Å². The summed E-state index contributed by atoms with van der Waals surface area (Å²) in [6.07, 6.45) is -5.19. The van der Waals surface area contributed by atoms with Crippen molar-refractivity contribution in [2.24, 2.45) is 11.7 Å². The zero-order valence-electron chi connectivity index (χ0n) is 19.8. The average molecular weight is 501 g/mol. The molecule has 2 aromatic rings. The average Bonchev–Trinajstić information content (AvgIpc) is 3.20. The van der Waals surface area contributed by atoms with E-state index in [1.165, 1.54) is 0 Å². The van der Waals surface area contributed by atoms with E-state index in [2.05, 4.69) is 29.6 Å². The molecule has 1 saturated heterocycles. The number of aliphatic hydroxyl groups excluding tert-OH is 3. The van der Waals surface area contributed by atoms with Crippen LogP contribution >= 0.6 is 0 Å². The van der Waals surface area contributed by atoms with Gasteiger partial charge in [0.25, 0.3) is 0 Å². The van der Waals surface area contributed by atoms with E-state index in [1.807, 2.05) is 24.3 Å². The molecule has 1 aliphatic heterocycles. The number of carbonyl (C=O) groups is 2. The van der Waals surface area contributed by atoms with Crippen molar-refractivity contribution in [3.05, 3.63) is 59.7 Å². The lowest BCUT2D eigenvalue weighted by Gasteiger charge is -2.41. The van der Waals surface area contributed by atoms with Gasteiger partial charge in [-0.1, -0.05) is 48.5 Å². The highest BCUT2D eigenvalue weighted by Crippen LogP contribution is 2.44. The smallest absolute Gasteiger partial charge is 0.407 e. The van der Waals surface area contributed by atoms with Crippen molar-refractivity contribution in [1.29, 1.82) is 0 Å². The second kappa shape index (κ2) is 11.8. The Morgan fingerprint density at radius 3 is 2.25 bits per heavy atom. The summed E-state index contributed by atoms with van der Waals surface area (Å²) >= 11 is 0. The maximum absolute atomic E-state index is 12.3. The molecule has 0 aromatic heterocycles. The Kier molecular flexibility index (Phi) is 8.55. The van der Waals surface area contributed by atoms with Gasteiger partial charge in [0.2, 0.25) is 5.91 Å². The molecule has 2 aromatic carbocycles. The molecule has 194 valence electrons. The Bertz CT molecular complexity index is 1020. The van der Waals surface area contributed by atoms with Crippen molar-refractivity contribution < 1.29 is 39.1 Å². The molecule has 0 radical (unpaired) electrons. The molecule has 5 atom stereocenters. The molecule has 6 N–H and O–H groups in total. The summed E-state index contributed by atoms with van der Waals surface area (Å²) in [4.78, 5) is 23.7. The third-order valence-corrected chi connectivity index (χ3v) is 6.66. The lowest BCUT2D eigenvalue weighted by molar-refractivity contribution is -0.285. The number of ether oxygens (including phenoxy) is 3. The summed E-state index contributed by atoms with van der Waals surface area (Å²) in [5.41, 5.74) is 9.81. The molecule has 4 rings (SSSR count). The van der Waals surface area contributed by atoms with Crippen LogP contribution in [0, 0.1) is 5.92 Å². The van der Waals surface area contributed by atoms with Crippen LogP contribution in [0.2, 0.25) is 0 Å². The van der Waals surface area contributed by atoms with Crippen molar-refractivity contribution in [3.8, 4) is 11.1 Å². The van der Waals surface area contributed by atoms with E-state index in [9.17, 15) is 24.9 Å². The van der Waals surface area contributed by atoms with Gasteiger partial charge in [-0.2, -0.15) is 0 Å². The van der Waals surface area contributed by atoms with E-state index in [0.717, 1.165) is 22.3 Å². The number of alkyl carbamates (subject to hydrolysis) is 1. The quantitative estimate of drug-likeness (QED) is 0.300. The number of primary amides is 1. The number of nitrogens with one attached hydrogen (secondary N) is 1. The molecule has 0 unspecified atom stereocenters. The number of rotatable bonds is 10. The third kappa shape index (κ3) is 5.69. The number of nitrogens with two attached hydrogens (primary N) is 1. The van der Waals surface area contributed by atoms with Gasteiger partial charge in [-0.15, -0.1) is 0 Å². The van der Waals surface area contributed by atoms with E-state index in [1.54, 1.807) is 0 Å². The number of amides is 2. The fourth-order valence-corrected chi connectivity index (χ4v) is 4.86. The fourth-order valence-electron chi connectivity index (χ4n) is 4.86. The van der Waals surface area contributed by atoms with Gasteiger partial charge in [-0.25, -0.2) is 4.79 Å². The Morgan fingerprint density at radius 1 is 1.00 bits per heavy atom. The van der Waals surface area contributed by atoms with Gasteiger partial charge in [0.05, 0.1) is 19.3 Å². The highest BCUT2D eigenvalue weighted by Gasteiger charge is 2.45. The fraction of sp³-hybridized carbons (Fsp3) is 0.462. The molecule has 1 heterocycles. The number of hydrogen-bond acceptors (Lipinski definition) is 8. The minimum atomic E-state index is -1.37. The van der Waals surface area contributed by atoms with E-state index >= 15 is 0 Å². The SMILES string of the molecule is NC(=O)C[C@H]1[C@H](OCCCNC(=O)OCC2c3ccccc3-c3ccccc32)O[C@H](CO)[C@H](O)[C@@H]1O. The van der Waals surface area contributed by atoms with Gasteiger partial charge >= 0.3 is 6.09 Å². The van der Waals surface area contributed by atoms with Crippen molar-refractivity contribution in [3.63, 3.8) is 0 Å². The second-order valence-electron chi connectivity index (χ2n) is 9.02. The predicted octanol–water partition coefficient (Wildman–Crippen LogP) is 0.862. The van der Waals surface area contributed by atoms with Crippen molar-refractivity contribution >= 4 is 12.0 Å². The van der Waals surface area contributed by atoms with Gasteiger partial charge < -0.3 is 40.6 Å². The molecule has 0 spiro atoms. The Labute approximate surface area is 209 Å². The van der Waals surface area contributed by atoms with Gasteiger partial charge in [-0.05, 0) is 28.7 Å². The summed E-state index contributed by atoms with van der Waals surface area (Å²) < 4.78 is 16.7. The zero-order chi connectivity index (χ0) is 25.7. The molecular formula is C26H32N2O8.